The lowest BCUT2D eigenvalue weighted by Crippen LogP contribution is -2.25. The van der Waals surface area contributed by atoms with E-state index in [1.807, 2.05) is 30.4 Å². The molecule has 0 amide bonds. The summed E-state index contributed by atoms with van der Waals surface area (Å²) in [6.45, 7) is 0. The van der Waals surface area contributed by atoms with E-state index in [0.29, 0.717) is 12.8 Å². The van der Waals surface area contributed by atoms with E-state index in [4.69, 9.17) is 4.74 Å². The van der Waals surface area contributed by atoms with Crippen LogP contribution in [0.4, 0.5) is 0 Å². The van der Waals surface area contributed by atoms with Gasteiger partial charge in [-0.2, -0.15) is 0 Å². The zero-order chi connectivity index (χ0) is 15.5. The maximum atomic E-state index is 11.6. The van der Waals surface area contributed by atoms with Gasteiger partial charge < -0.3 is 9.84 Å². The Balaban J connectivity index is 1.81. The van der Waals surface area contributed by atoms with E-state index in [-0.39, 0.29) is 11.9 Å². The van der Waals surface area contributed by atoms with Crippen LogP contribution < -0.4 is 0 Å². The average Bonchev–Trinajstić information content (AvgIpc) is 2.94. The fourth-order valence-electron chi connectivity index (χ4n) is 2.76. The van der Waals surface area contributed by atoms with Gasteiger partial charge in [-0.25, -0.2) is 0 Å². The Kier molecular flexibility index (Phi) is 4.41. The van der Waals surface area contributed by atoms with E-state index in [2.05, 4.69) is 18.2 Å². The summed E-state index contributed by atoms with van der Waals surface area (Å²) in [6.07, 6.45) is 6.46. The Bertz CT molecular complexity index is 709. The van der Waals surface area contributed by atoms with E-state index in [9.17, 15) is 9.90 Å². The zero-order valence-corrected chi connectivity index (χ0v) is 13.2. The summed E-state index contributed by atoms with van der Waals surface area (Å²) in [5.74, 6) is -0.637. The van der Waals surface area contributed by atoms with Crippen molar-refractivity contribution in [2.45, 2.75) is 18.9 Å². The molecule has 3 nitrogen and oxygen atoms in total. The van der Waals surface area contributed by atoms with Crippen molar-refractivity contribution in [1.29, 1.82) is 0 Å². The fraction of sp³-hybridized carbons (Fsp3) is 0.278. The van der Waals surface area contributed by atoms with E-state index in [0.717, 1.165) is 10.5 Å². The summed E-state index contributed by atoms with van der Waals surface area (Å²) in [4.78, 5) is 12.8. The normalized spacial score (nSPS) is 22.0. The highest BCUT2D eigenvalue weighted by Gasteiger charge is 2.25. The van der Waals surface area contributed by atoms with Crippen LogP contribution in [0.1, 0.15) is 17.7 Å². The number of fused-ring (bicyclic) bond motifs is 1. The second kappa shape index (κ2) is 6.46. The van der Waals surface area contributed by atoms with Crippen LogP contribution in [0.2, 0.25) is 0 Å². The largest absolute Gasteiger partial charge is 0.469 e. The van der Waals surface area contributed by atoms with Crippen molar-refractivity contribution in [2.75, 3.05) is 7.11 Å². The lowest BCUT2D eigenvalue weighted by Gasteiger charge is -2.22. The minimum atomic E-state index is -0.490. The Morgan fingerprint density at radius 3 is 2.95 bits per heavy atom. The van der Waals surface area contributed by atoms with Crippen LogP contribution in [0.5, 0.6) is 0 Å². The van der Waals surface area contributed by atoms with Gasteiger partial charge in [-0.15, -0.1) is 11.3 Å². The Morgan fingerprint density at radius 2 is 2.18 bits per heavy atom. The molecule has 0 saturated heterocycles. The van der Waals surface area contributed by atoms with Crippen molar-refractivity contribution in [3.63, 3.8) is 0 Å². The average molecular weight is 314 g/mol. The number of thiophene rings is 1. The van der Waals surface area contributed by atoms with Gasteiger partial charge in [0.15, 0.2) is 0 Å². The molecule has 22 heavy (non-hydrogen) atoms. The van der Waals surface area contributed by atoms with Gasteiger partial charge in [0.1, 0.15) is 0 Å². The molecule has 4 heteroatoms. The second-order valence-electron chi connectivity index (χ2n) is 5.48. The first-order chi connectivity index (χ1) is 10.7. The molecule has 1 aliphatic carbocycles. The first-order valence-corrected chi connectivity index (χ1v) is 8.10. The highest BCUT2D eigenvalue weighted by Crippen LogP contribution is 2.29. The molecule has 0 bridgehead atoms. The smallest absolute Gasteiger partial charge is 0.312 e. The summed E-state index contributed by atoms with van der Waals surface area (Å²) in [6, 6.07) is 10.4. The van der Waals surface area contributed by atoms with Gasteiger partial charge in [-0.1, -0.05) is 30.4 Å². The highest BCUT2D eigenvalue weighted by molar-refractivity contribution is 7.19. The number of esters is 1. The molecule has 1 aromatic carbocycles. The first kappa shape index (κ1) is 15.0. The summed E-state index contributed by atoms with van der Waals surface area (Å²) < 4.78 is 6.03. The van der Waals surface area contributed by atoms with Crippen molar-refractivity contribution in [1.82, 2.24) is 0 Å². The predicted molar refractivity (Wildman–Crippen MR) is 89.7 cm³/mol. The number of benzene rings is 1. The molecule has 1 heterocycles. The molecule has 1 aliphatic rings. The fourth-order valence-corrected chi connectivity index (χ4v) is 3.72. The van der Waals surface area contributed by atoms with Gasteiger partial charge >= 0.3 is 5.97 Å². The molecule has 114 valence electrons. The number of methoxy groups -OCH3 is 1. The highest BCUT2D eigenvalue weighted by atomic mass is 32.1. The van der Waals surface area contributed by atoms with Gasteiger partial charge in [0.2, 0.25) is 0 Å². The minimum absolute atomic E-state index is 0.286. The Hall–Kier alpha value is -1.91. The molecule has 2 atom stereocenters. The maximum absolute atomic E-state index is 11.6. The van der Waals surface area contributed by atoms with Crippen LogP contribution in [0.15, 0.2) is 48.1 Å². The Morgan fingerprint density at radius 1 is 1.36 bits per heavy atom. The number of rotatable bonds is 3. The maximum Gasteiger partial charge on any atom is 0.312 e. The third-order valence-corrected chi connectivity index (χ3v) is 4.90. The molecule has 0 aliphatic heterocycles. The molecule has 0 radical (unpaired) electrons. The minimum Gasteiger partial charge on any atom is -0.469 e. The number of ether oxygens (including phenoxy) is 1. The molecule has 3 rings (SSSR count). The van der Waals surface area contributed by atoms with Crippen LogP contribution >= 0.6 is 11.3 Å². The van der Waals surface area contributed by atoms with Gasteiger partial charge in [-0.05, 0) is 42.0 Å². The van der Waals surface area contributed by atoms with Crippen LogP contribution in [0.3, 0.4) is 0 Å². The standard InChI is InChI=1S/C18H18O3S/c1-21-18(20)14-8-12(9-15(19)10-14)6-7-16-11-13-4-2-3-5-17(13)22-16/h2-8,11,14-15,19H,9-10H2,1H3/b7-6+/t14-,15+/m1/s1. The molecular formula is C18H18O3S. The number of hydrogen-bond donors (Lipinski definition) is 1. The summed E-state index contributed by atoms with van der Waals surface area (Å²) in [5, 5.41) is 11.2. The molecule has 2 aromatic rings. The second-order valence-corrected chi connectivity index (χ2v) is 6.60. The van der Waals surface area contributed by atoms with Gasteiger partial charge in [0.05, 0.1) is 19.1 Å². The first-order valence-electron chi connectivity index (χ1n) is 7.29. The topological polar surface area (TPSA) is 46.5 Å². The van der Waals surface area contributed by atoms with Gasteiger partial charge in [-0.3, -0.25) is 4.79 Å². The molecule has 1 N–H and O–H groups in total. The van der Waals surface area contributed by atoms with Gasteiger partial charge in [0.25, 0.3) is 0 Å². The summed E-state index contributed by atoms with van der Waals surface area (Å²) in [7, 11) is 1.38. The van der Waals surface area contributed by atoms with Crippen LogP contribution in [-0.4, -0.2) is 24.3 Å². The van der Waals surface area contributed by atoms with E-state index < -0.39 is 6.10 Å². The zero-order valence-electron chi connectivity index (χ0n) is 12.4. The van der Waals surface area contributed by atoms with Crippen LogP contribution in [0.25, 0.3) is 16.2 Å². The quantitative estimate of drug-likeness (QED) is 0.877. The molecule has 0 saturated carbocycles. The number of carbonyl (C=O) groups is 1. The monoisotopic (exact) mass is 314 g/mol. The lowest BCUT2D eigenvalue weighted by molar-refractivity contribution is -0.144. The van der Waals surface area contributed by atoms with E-state index >= 15 is 0 Å². The molecular weight excluding hydrogens is 296 g/mol. The summed E-state index contributed by atoms with van der Waals surface area (Å²) in [5.41, 5.74) is 0.978. The summed E-state index contributed by atoms with van der Waals surface area (Å²) >= 11 is 1.73. The predicted octanol–water partition coefficient (Wildman–Crippen LogP) is 3.78. The van der Waals surface area contributed by atoms with Crippen molar-refractivity contribution >= 4 is 33.5 Å². The molecule has 0 fully saturated rings. The van der Waals surface area contributed by atoms with Gasteiger partial charge in [0, 0.05) is 9.58 Å². The van der Waals surface area contributed by atoms with Crippen LogP contribution in [0, 0.1) is 5.92 Å². The number of aliphatic hydroxyl groups is 1. The number of aliphatic hydroxyl groups excluding tert-OH is 1. The molecule has 1 aromatic heterocycles. The number of hydrogen-bond acceptors (Lipinski definition) is 4. The van der Waals surface area contributed by atoms with E-state index in [1.54, 1.807) is 11.3 Å². The number of allylic oxidation sites excluding steroid dienone is 1. The third-order valence-electron chi connectivity index (χ3n) is 3.82. The Labute approximate surface area is 133 Å². The van der Waals surface area contributed by atoms with Crippen LogP contribution in [-0.2, 0) is 9.53 Å². The van der Waals surface area contributed by atoms with E-state index in [1.165, 1.54) is 17.2 Å². The van der Waals surface area contributed by atoms with Crippen molar-refractivity contribution < 1.29 is 14.6 Å². The lowest BCUT2D eigenvalue weighted by atomic mass is 9.88. The molecule has 0 unspecified atom stereocenters. The number of carbonyl (C=O) groups excluding carboxylic acids is 1. The molecule has 0 spiro atoms. The van der Waals surface area contributed by atoms with Crippen molar-refractivity contribution in [2.24, 2.45) is 5.92 Å². The van der Waals surface area contributed by atoms with Crippen molar-refractivity contribution in [3.8, 4) is 0 Å². The third kappa shape index (κ3) is 3.29. The van der Waals surface area contributed by atoms with Crippen molar-refractivity contribution in [3.05, 3.63) is 52.9 Å². The SMILES string of the molecule is COC(=O)[C@@H]1C=C(/C=C/c2cc3ccccc3s2)C[C@H](O)C1.